The Bertz CT molecular complexity index is 963. The first kappa shape index (κ1) is 16.1. The van der Waals surface area contributed by atoms with Crippen LogP contribution in [0, 0.1) is 0 Å². The Hall–Kier alpha value is -2.37. The van der Waals surface area contributed by atoms with Crippen LogP contribution in [0.1, 0.15) is 15.9 Å². The zero-order chi connectivity index (χ0) is 17.6. The monoisotopic (exact) mass is 372 g/mol. The molecule has 1 aromatic carbocycles. The Balaban J connectivity index is 1.73. The molecule has 0 radical (unpaired) electrons. The fraction of sp³-hybridized carbons (Fsp3) is 0.167. The number of hydrogen-bond donors (Lipinski definition) is 0. The molecule has 1 aliphatic rings. The third-order valence-corrected chi connectivity index (χ3v) is 4.86. The maximum atomic E-state index is 12.9. The standard InChI is InChI=1S/C18H14Cl2N4O/c1-23-17(16(20)10-22-23)12-7-14(9-21-8-12)24-5-4-11-6-13(19)2-3-15(11)18(24)25/h2-3,6-10H,4-5H2,1H3. The van der Waals surface area contributed by atoms with Gasteiger partial charge >= 0.3 is 0 Å². The lowest BCUT2D eigenvalue weighted by Gasteiger charge is -2.28. The third-order valence-electron chi connectivity index (χ3n) is 4.35. The number of anilines is 1. The number of aromatic nitrogens is 3. The van der Waals surface area contributed by atoms with Crippen LogP contribution < -0.4 is 4.90 Å². The van der Waals surface area contributed by atoms with Crippen LogP contribution >= 0.6 is 23.2 Å². The SMILES string of the molecule is Cn1ncc(Cl)c1-c1cncc(N2CCc3cc(Cl)ccc3C2=O)c1. The van der Waals surface area contributed by atoms with E-state index in [0.717, 1.165) is 28.9 Å². The van der Waals surface area contributed by atoms with Crippen LogP contribution in [0.4, 0.5) is 5.69 Å². The van der Waals surface area contributed by atoms with E-state index in [9.17, 15) is 4.79 Å². The van der Waals surface area contributed by atoms with Gasteiger partial charge < -0.3 is 4.90 Å². The van der Waals surface area contributed by atoms with Crippen molar-refractivity contribution in [2.24, 2.45) is 7.05 Å². The first-order valence-electron chi connectivity index (χ1n) is 7.78. The average molecular weight is 373 g/mol. The number of amides is 1. The molecule has 0 fully saturated rings. The molecule has 5 nitrogen and oxygen atoms in total. The second kappa shape index (κ2) is 6.17. The summed E-state index contributed by atoms with van der Waals surface area (Å²) < 4.78 is 1.69. The van der Waals surface area contributed by atoms with Crippen LogP contribution in [0.15, 0.2) is 42.9 Å². The summed E-state index contributed by atoms with van der Waals surface area (Å²) in [7, 11) is 1.82. The summed E-state index contributed by atoms with van der Waals surface area (Å²) in [4.78, 5) is 18.9. The normalized spacial score (nSPS) is 13.9. The minimum absolute atomic E-state index is 0.0482. The number of rotatable bonds is 2. The van der Waals surface area contributed by atoms with Gasteiger partial charge in [0.05, 0.1) is 28.8 Å². The summed E-state index contributed by atoms with van der Waals surface area (Å²) in [5, 5.41) is 5.35. The molecule has 0 N–H and O–H groups in total. The molecule has 0 bridgehead atoms. The third kappa shape index (κ3) is 2.79. The number of nitrogens with zero attached hydrogens (tertiary/aromatic N) is 4. The quantitative estimate of drug-likeness (QED) is 0.683. The first-order valence-corrected chi connectivity index (χ1v) is 8.53. The van der Waals surface area contributed by atoms with Gasteiger partial charge in [0.25, 0.3) is 5.91 Å². The number of carbonyl (C=O) groups excluding carboxylic acids is 1. The van der Waals surface area contributed by atoms with Gasteiger partial charge in [0.1, 0.15) is 0 Å². The van der Waals surface area contributed by atoms with Gasteiger partial charge in [0.15, 0.2) is 0 Å². The summed E-state index contributed by atoms with van der Waals surface area (Å²) in [5.74, 6) is -0.0482. The molecule has 0 saturated heterocycles. The Kier molecular flexibility index (Phi) is 3.98. The number of aryl methyl sites for hydroxylation is 1. The predicted octanol–water partition coefficient (Wildman–Crippen LogP) is 3.99. The van der Waals surface area contributed by atoms with Gasteiger partial charge in [-0.2, -0.15) is 5.10 Å². The Labute approximate surface area is 154 Å². The van der Waals surface area contributed by atoms with Crippen LogP contribution in [0.2, 0.25) is 10.0 Å². The van der Waals surface area contributed by atoms with Gasteiger partial charge in [-0.05, 0) is 36.2 Å². The fourth-order valence-corrected chi connectivity index (χ4v) is 3.61. The van der Waals surface area contributed by atoms with Gasteiger partial charge in [-0.1, -0.05) is 23.2 Å². The Morgan fingerprint density at radius 2 is 1.96 bits per heavy atom. The molecular weight excluding hydrogens is 359 g/mol. The molecule has 2 aromatic heterocycles. The van der Waals surface area contributed by atoms with Gasteiger partial charge in [-0.15, -0.1) is 0 Å². The van der Waals surface area contributed by atoms with Gasteiger partial charge in [-0.3, -0.25) is 14.5 Å². The van der Waals surface area contributed by atoms with E-state index < -0.39 is 0 Å². The van der Waals surface area contributed by atoms with Crippen molar-refractivity contribution < 1.29 is 4.79 Å². The van der Waals surface area contributed by atoms with Crippen LogP contribution in [0.25, 0.3) is 11.3 Å². The largest absolute Gasteiger partial charge is 0.306 e. The highest BCUT2D eigenvalue weighted by Gasteiger charge is 2.26. The molecule has 0 aliphatic carbocycles. The molecule has 3 aromatic rings. The Morgan fingerprint density at radius 3 is 2.72 bits per heavy atom. The van der Waals surface area contributed by atoms with Crippen molar-refractivity contribution >= 4 is 34.8 Å². The van der Waals surface area contributed by atoms with E-state index >= 15 is 0 Å². The number of hydrogen-bond acceptors (Lipinski definition) is 3. The molecular formula is C18H14Cl2N4O. The number of fused-ring (bicyclic) bond motifs is 1. The van der Waals surface area contributed by atoms with Crippen molar-refractivity contribution in [3.63, 3.8) is 0 Å². The van der Waals surface area contributed by atoms with Crippen molar-refractivity contribution in [2.45, 2.75) is 6.42 Å². The highest BCUT2D eigenvalue weighted by atomic mass is 35.5. The molecule has 4 rings (SSSR count). The van der Waals surface area contributed by atoms with Crippen LogP contribution in [-0.4, -0.2) is 27.2 Å². The second-order valence-corrected chi connectivity index (χ2v) is 6.75. The summed E-state index contributed by atoms with van der Waals surface area (Å²) in [6.45, 7) is 0.580. The molecule has 7 heteroatoms. The number of carbonyl (C=O) groups is 1. The van der Waals surface area contributed by atoms with Gasteiger partial charge in [-0.25, -0.2) is 0 Å². The van der Waals surface area contributed by atoms with Crippen LogP contribution in [0.3, 0.4) is 0 Å². The van der Waals surface area contributed by atoms with Gasteiger partial charge in [0.2, 0.25) is 0 Å². The number of halogens is 2. The average Bonchev–Trinajstić information content (AvgIpc) is 2.94. The Morgan fingerprint density at radius 1 is 1.12 bits per heavy atom. The minimum Gasteiger partial charge on any atom is -0.306 e. The molecule has 0 atom stereocenters. The van der Waals surface area contributed by atoms with Crippen molar-refractivity contribution in [2.75, 3.05) is 11.4 Å². The molecule has 126 valence electrons. The summed E-state index contributed by atoms with van der Waals surface area (Å²) in [5.41, 5.74) is 3.98. The van der Waals surface area contributed by atoms with Crippen molar-refractivity contribution in [3.05, 3.63) is 64.0 Å². The van der Waals surface area contributed by atoms with Crippen molar-refractivity contribution in [1.29, 1.82) is 0 Å². The minimum atomic E-state index is -0.0482. The van der Waals surface area contributed by atoms with Crippen LogP contribution in [0.5, 0.6) is 0 Å². The number of benzene rings is 1. The molecule has 1 amide bonds. The second-order valence-electron chi connectivity index (χ2n) is 5.90. The number of pyridine rings is 1. The van der Waals surface area contributed by atoms with E-state index in [4.69, 9.17) is 23.2 Å². The maximum absolute atomic E-state index is 12.9. The van der Waals surface area contributed by atoms with E-state index in [2.05, 4.69) is 10.1 Å². The molecule has 1 aliphatic heterocycles. The molecule has 0 saturated carbocycles. The zero-order valence-corrected chi connectivity index (χ0v) is 14.9. The lowest BCUT2D eigenvalue weighted by atomic mass is 9.98. The smallest absolute Gasteiger partial charge is 0.258 e. The van der Waals surface area contributed by atoms with E-state index in [1.165, 1.54) is 0 Å². The highest BCUT2D eigenvalue weighted by Crippen LogP contribution is 2.31. The van der Waals surface area contributed by atoms with E-state index in [-0.39, 0.29) is 5.91 Å². The fourth-order valence-electron chi connectivity index (χ4n) is 3.14. The van der Waals surface area contributed by atoms with Crippen molar-refractivity contribution in [3.8, 4) is 11.3 Å². The molecule has 0 unspecified atom stereocenters. The maximum Gasteiger partial charge on any atom is 0.258 e. The zero-order valence-electron chi connectivity index (χ0n) is 13.4. The first-order chi connectivity index (χ1) is 12.0. The molecule has 25 heavy (non-hydrogen) atoms. The van der Waals surface area contributed by atoms with Crippen molar-refractivity contribution in [1.82, 2.24) is 14.8 Å². The van der Waals surface area contributed by atoms with E-state index in [1.54, 1.807) is 40.3 Å². The van der Waals surface area contributed by atoms with E-state index in [0.29, 0.717) is 22.2 Å². The summed E-state index contributed by atoms with van der Waals surface area (Å²) in [6, 6.07) is 7.29. The lowest BCUT2D eigenvalue weighted by molar-refractivity contribution is 0.0980. The highest BCUT2D eigenvalue weighted by molar-refractivity contribution is 6.33. The topological polar surface area (TPSA) is 51.0 Å². The summed E-state index contributed by atoms with van der Waals surface area (Å²) >= 11 is 12.3. The predicted molar refractivity (Wildman–Crippen MR) is 98.3 cm³/mol. The van der Waals surface area contributed by atoms with E-state index in [1.807, 2.05) is 19.2 Å². The summed E-state index contributed by atoms with van der Waals surface area (Å²) in [6.07, 6.45) is 5.75. The molecule has 0 spiro atoms. The molecule has 3 heterocycles. The van der Waals surface area contributed by atoms with Crippen LogP contribution in [-0.2, 0) is 13.5 Å². The van der Waals surface area contributed by atoms with Gasteiger partial charge in [0, 0.05) is 35.9 Å². The lowest BCUT2D eigenvalue weighted by Crippen LogP contribution is -2.37.